The predicted octanol–water partition coefficient (Wildman–Crippen LogP) is 3.24. The van der Waals surface area contributed by atoms with Crippen LogP contribution in [0, 0.1) is 0 Å². The molecular formula is C11H12F8O3. The molecule has 3 nitrogen and oxygen atoms in total. The number of ether oxygens (including phenoxy) is 1. The summed E-state index contributed by atoms with van der Waals surface area (Å²) in [5, 5.41) is 8.75. The third kappa shape index (κ3) is 5.22. The summed E-state index contributed by atoms with van der Waals surface area (Å²) < 4.78 is 42.5. The summed E-state index contributed by atoms with van der Waals surface area (Å²) in [6, 6.07) is 5.96. The molecule has 2 rings (SSSR count). The molecule has 22 heavy (non-hydrogen) atoms. The third-order valence-electron chi connectivity index (χ3n) is 2.30. The Morgan fingerprint density at radius 3 is 2.00 bits per heavy atom. The van der Waals surface area contributed by atoms with Crippen LogP contribution in [0.3, 0.4) is 0 Å². The minimum absolute atomic E-state index is 0. The Bertz CT molecular complexity index is 500. The van der Waals surface area contributed by atoms with Crippen LogP contribution in [-0.2, 0) is 4.79 Å². The van der Waals surface area contributed by atoms with Gasteiger partial charge in [-0.1, -0.05) is 18.2 Å². The first-order valence-corrected chi connectivity index (χ1v) is 4.67. The zero-order valence-corrected chi connectivity index (χ0v) is 10.4. The maximum absolute atomic E-state index is 12.6. The number of para-hydroxylation sites is 1. The molecule has 1 aliphatic heterocycles. The van der Waals surface area contributed by atoms with Crippen molar-refractivity contribution in [1.29, 1.82) is 0 Å². The second kappa shape index (κ2) is 9.58. The van der Waals surface area contributed by atoms with E-state index in [2.05, 4.69) is 0 Å². The van der Waals surface area contributed by atoms with Crippen molar-refractivity contribution in [3.63, 3.8) is 0 Å². The van der Waals surface area contributed by atoms with Crippen molar-refractivity contribution < 1.29 is 51.3 Å². The van der Waals surface area contributed by atoms with Crippen molar-refractivity contribution in [2.75, 3.05) is 0 Å². The number of halogens is 8. The van der Waals surface area contributed by atoms with E-state index in [4.69, 9.17) is 9.84 Å². The van der Waals surface area contributed by atoms with E-state index in [-0.39, 0.29) is 29.3 Å². The topological polar surface area (TPSA) is 46.5 Å². The van der Waals surface area contributed by atoms with Crippen LogP contribution in [0.15, 0.2) is 29.8 Å². The van der Waals surface area contributed by atoms with Crippen molar-refractivity contribution >= 4 is 12.0 Å². The molecule has 1 unspecified atom stereocenters. The average Bonchev–Trinajstić information content (AvgIpc) is 2.26. The third-order valence-corrected chi connectivity index (χ3v) is 2.30. The Labute approximate surface area is 118 Å². The van der Waals surface area contributed by atoms with Gasteiger partial charge in [0.15, 0.2) is 0 Å². The summed E-state index contributed by atoms with van der Waals surface area (Å²) >= 11 is 0. The van der Waals surface area contributed by atoms with E-state index in [1.807, 2.05) is 0 Å². The highest BCUT2D eigenvalue weighted by Crippen LogP contribution is 2.36. The highest BCUT2D eigenvalue weighted by atomic mass is 19.4. The van der Waals surface area contributed by atoms with Crippen molar-refractivity contribution in [3.8, 4) is 5.75 Å². The van der Waals surface area contributed by atoms with Gasteiger partial charge in [-0.25, -0.2) is 4.79 Å². The highest BCUT2D eigenvalue weighted by Gasteiger charge is 2.48. The zero-order chi connectivity index (χ0) is 12.6. The molecule has 1 aromatic carbocycles. The van der Waals surface area contributed by atoms with Gasteiger partial charge in [0.05, 0.1) is 5.57 Å². The van der Waals surface area contributed by atoms with E-state index in [0.29, 0.717) is 5.56 Å². The first-order chi connectivity index (χ1) is 7.89. The number of carbonyl (C=O) groups is 1. The van der Waals surface area contributed by atoms with Gasteiger partial charge < -0.3 is 9.84 Å². The minimum atomic E-state index is -4.75. The Hall–Kier alpha value is -2.33. The molecule has 0 bridgehead atoms. The van der Waals surface area contributed by atoms with Crippen molar-refractivity contribution in [1.82, 2.24) is 0 Å². The number of carboxylic acid groups (broad SMARTS) is 1. The molecule has 0 radical (unpaired) electrons. The first kappa shape index (κ1) is 27.9. The van der Waals surface area contributed by atoms with Gasteiger partial charge in [0, 0.05) is 5.56 Å². The van der Waals surface area contributed by atoms with E-state index >= 15 is 0 Å². The summed E-state index contributed by atoms with van der Waals surface area (Å²) in [7, 11) is 0. The van der Waals surface area contributed by atoms with Crippen molar-refractivity contribution in [2.24, 2.45) is 0 Å². The standard InChI is InChI=1S/C11H7F3O3.5FH/c12-11(13,14)9-7(10(15)16)5-6-3-1-2-4-8(6)17-9;;;;;/h1-5,9H,(H,15,16);5*1H. The zero-order valence-electron chi connectivity index (χ0n) is 10.4. The lowest BCUT2D eigenvalue weighted by Gasteiger charge is -2.26. The molecule has 1 aliphatic rings. The van der Waals surface area contributed by atoms with Gasteiger partial charge in [-0.05, 0) is 12.1 Å². The largest absolute Gasteiger partial charge is 0.478 e. The second-order valence-electron chi connectivity index (χ2n) is 3.48. The quantitative estimate of drug-likeness (QED) is 0.796. The van der Waals surface area contributed by atoms with Crippen LogP contribution in [0.4, 0.5) is 36.7 Å². The van der Waals surface area contributed by atoms with E-state index in [1.54, 1.807) is 6.07 Å². The molecule has 1 atom stereocenters. The Kier molecular flexibility index (Phi) is 12.2. The SMILES string of the molecule is F.F.F.F.F.O=C(O)C1=Cc2ccccc2OC1C(F)(F)F. The van der Waals surface area contributed by atoms with Gasteiger partial charge in [0.1, 0.15) is 5.75 Å². The van der Waals surface area contributed by atoms with Gasteiger partial charge in [0.25, 0.3) is 0 Å². The lowest BCUT2D eigenvalue weighted by molar-refractivity contribution is -0.187. The summed E-state index contributed by atoms with van der Waals surface area (Å²) in [6.45, 7) is 0. The second-order valence-corrected chi connectivity index (χ2v) is 3.48. The number of aliphatic carboxylic acids is 1. The summed E-state index contributed by atoms with van der Waals surface area (Å²) in [6.07, 6.45) is -6.19. The average molecular weight is 344 g/mol. The van der Waals surface area contributed by atoms with Crippen LogP contribution in [0.2, 0.25) is 0 Å². The summed E-state index contributed by atoms with van der Waals surface area (Å²) in [5.41, 5.74) is -0.485. The van der Waals surface area contributed by atoms with Crippen molar-refractivity contribution in [2.45, 2.75) is 12.3 Å². The van der Waals surface area contributed by atoms with Gasteiger partial charge in [-0.2, -0.15) is 13.2 Å². The van der Waals surface area contributed by atoms with E-state index < -0.39 is 23.8 Å². The van der Waals surface area contributed by atoms with Gasteiger partial charge in [-0.3, -0.25) is 23.5 Å². The number of alkyl halides is 3. The Balaban J connectivity index is -0.000000324. The first-order valence-electron chi connectivity index (χ1n) is 4.67. The minimum Gasteiger partial charge on any atom is -0.478 e. The van der Waals surface area contributed by atoms with E-state index in [9.17, 15) is 18.0 Å². The molecule has 0 spiro atoms. The summed E-state index contributed by atoms with van der Waals surface area (Å²) in [4.78, 5) is 10.8. The molecular weight excluding hydrogens is 332 g/mol. The highest BCUT2D eigenvalue weighted by molar-refractivity contribution is 5.94. The fourth-order valence-electron chi connectivity index (χ4n) is 1.56. The molecule has 1 heterocycles. The molecule has 1 aromatic rings. The van der Waals surface area contributed by atoms with Crippen LogP contribution in [0.1, 0.15) is 5.56 Å². The van der Waals surface area contributed by atoms with Crippen LogP contribution in [-0.4, -0.2) is 23.4 Å². The number of rotatable bonds is 1. The Morgan fingerprint density at radius 2 is 1.55 bits per heavy atom. The molecule has 0 saturated carbocycles. The van der Waals surface area contributed by atoms with Crippen molar-refractivity contribution in [3.05, 3.63) is 35.4 Å². The normalized spacial score (nSPS) is 14.7. The number of carboxylic acids is 1. The number of benzene rings is 1. The number of hydrogen-bond acceptors (Lipinski definition) is 2. The molecule has 1 N–H and O–H groups in total. The number of fused-ring (bicyclic) bond motifs is 1. The molecule has 0 fully saturated rings. The molecule has 0 amide bonds. The lowest BCUT2D eigenvalue weighted by Crippen LogP contribution is -2.40. The van der Waals surface area contributed by atoms with Gasteiger partial charge >= 0.3 is 12.1 Å². The monoisotopic (exact) mass is 344 g/mol. The fraction of sp³-hybridized carbons (Fsp3) is 0.182. The smallest absolute Gasteiger partial charge is 0.430 e. The maximum atomic E-state index is 12.6. The maximum Gasteiger partial charge on any atom is 0.430 e. The molecule has 0 aromatic heterocycles. The molecule has 11 heteroatoms. The molecule has 0 aliphatic carbocycles. The summed E-state index contributed by atoms with van der Waals surface area (Å²) in [5.74, 6) is -1.61. The van der Waals surface area contributed by atoms with Crippen LogP contribution >= 0.6 is 0 Å². The molecule has 0 saturated heterocycles. The lowest BCUT2D eigenvalue weighted by atomic mass is 10.0. The van der Waals surface area contributed by atoms with Crippen LogP contribution in [0.5, 0.6) is 5.75 Å². The number of hydrogen-bond donors (Lipinski definition) is 1. The van der Waals surface area contributed by atoms with Gasteiger partial charge in [0.2, 0.25) is 6.10 Å². The van der Waals surface area contributed by atoms with Crippen LogP contribution in [0.25, 0.3) is 6.08 Å². The van der Waals surface area contributed by atoms with E-state index in [1.165, 1.54) is 18.2 Å². The Morgan fingerprint density at radius 1 is 1.05 bits per heavy atom. The molecule has 130 valence electrons. The van der Waals surface area contributed by atoms with Gasteiger partial charge in [-0.15, -0.1) is 0 Å². The van der Waals surface area contributed by atoms with Crippen LogP contribution < -0.4 is 4.74 Å². The fourth-order valence-corrected chi connectivity index (χ4v) is 1.56. The predicted molar refractivity (Wildman–Crippen MR) is 65.0 cm³/mol. The van der Waals surface area contributed by atoms with E-state index in [0.717, 1.165) is 6.08 Å².